The summed E-state index contributed by atoms with van der Waals surface area (Å²) in [6.07, 6.45) is 5.25. The van der Waals surface area contributed by atoms with Gasteiger partial charge in [-0.15, -0.1) is 0 Å². The predicted molar refractivity (Wildman–Crippen MR) is 87.9 cm³/mol. The maximum atomic E-state index is 12.5. The summed E-state index contributed by atoms with van der Waals surface area (Å²) < 4.78 is 0. The second-order valence-electron chi connectivity index (χ2n) is 5.49. The first-order valence-electron chi connectivity index (χ1n) is 7.40. The summed E-state index contributed by atoms with van der Waals surface area (Å²) in [4.78, 5) is 30.3. The molecule has 1 aromatic heterocycles. The van der Waals surface area contributed by atoms with Crippen molar-refractivity contribution in [3.05, 3.63) is 59.4 Å². The Morgan fingerprint density at radius 1 is 1.22 bits per heavy atom. The molecular weight excluding hydrogens is 314 g/mol. The fourth-order valence-electron chi connectivity index (χ4n) is 2.29. The van der Waals surface area contributed by atoms with Crippen LogP contribution in [0.4, 0.5) is 5.69 Å². The van der Waals surface area contributed by atoms with Gasteiger partial charge >= 0.3 is 11.8 Å². The number of halogens is 1. The number of hydrogen-bond donors (Lipinski definition) is 1. The third kappa shape index (κ3) is 4.07. The summed E-state index contributed by atoms with van der Waals surface area (Å²) in [6, 6.07) is 10.5. The van der Waals surface area contributed by atoms with Crippen LogP contribution in [0.1, 0.15) is 18.4 Å². The molecule has 6 heteroatoms. The smallest absolute Gasteiger partial charge is 0.313 e. The van der Waals surface area contributed by atoms with Gasteiger partial charge in [-0.25, -0.2) is 0 Å². The minimum Gasteiger partial charge on any atom is -0.327 e. The van der Waals surface area contributed by atoms with E-state index in [2.05, 4.69) is 10.3 Å². The molecular formula is C17H16ClN3O2. The Kier molecular flexibility index (Phi) is 4.57. The van der Waals surface area contributed by atoms with Crippen molar-refractivity contribution in [1.82, 2.24) is 9.88 Å². The Labute approximate surface area is 139 Å². The lowest BCUT2D eigenvalue weighted by atomic mass is 10.2. The fourth-order valence-corrected chi connectivity index (χ4v) is 2.42. The van der Waals surface area contributed by atoms with Crippen LogP contribution in [0, 0.1) is 0 Å². The first-order chi connectivity index (χ1) is 11.1. The van der Waals surface area contributed by atoms with Gasteiger partial charge in [-0.3, -0.25) is 14.6 Å². The number of nitrogens with one attached hydrogen (secondary N) is 1. The highest BCUT2D eigenvalue weighted by atomic mass is 35.5. The predicted octanol–water partition coefficient (Wildman–Crippen LogP) is 2.86. The number of benzene rings is 1. The number of amides is 2. The van der Waals surface area contributed by atoms with Crippen molar-refractivity contribution >= 4 is 29.1 Å². The summed E-state index contributed by atoms with van der Waals surface area (Å²) in [7, 11) is 0. The molecule has 1 saturated carbocycles. The van der Waals surface area contributed by atoms with Crippen LogP contribution in [-0.2, 0) is 16.1 Å². The quantitative estimate of drug-likeness (QED) is 0.877. The highest BCUT2D eigenvalue weighted by Crippen LogP contribution is 2.28. The molecule has 5 nitrogen and oxygen atoms in total. The number of pyridine rings is 1. The molecule has 1 aromatic carbocycles. The van der Waals surface area contributed by atoms with E-state index in [-0.39, 0.29) is 6.04 Å². The van der Waals surface area contributed by atoms with Gasteiger partial charge in [0.2, 0.25) is 0 Å². The van der Waals surface area contributed by atoms with E-state index in [4.69, 9.17) is 11.6 Å². The lowest BCUT2D eigenvalue weighted by molar-refractivity contribution is -0.144. The number of anilines is 1. The van der Waals surface area contributed by atoms with E-state index in [1.807, 2.05) is 12.1 Å². The highest BCUT2D eigenvalue weighted by Gasteiger charge is 2.35. The summed E-state index contributed by atoms with van der Waals surface area (Å²) in [6.45, 7) is 0.394. The van der Waals surface area contributed by atoms with Crippen molar-refractivity contribution in [2.75, 3.05) is 5.32 Å². The topological polar surface area (TPSA) is 62.3 Å². The molecule has 2 aromatic rings. The van der Waals surface area contributed by atoms with E-state index in [1.165, 1.54) is 0 Å². The zero-order valence-corrected chi connectivity index (χ0v) is 13.2. The largest absolute Gasteiger partial charge is 0.327 e. The number of hydrogen-bond acceptors (Lipinski definition) is 3. The molecule has 0 spiro atoms. The lowest BCUT2D eigenvalue weighted by Crippen LogP contribution is -2.40. The second-order valence-corrected chi connectivity index (χ2v) is 5.92. The molecule has 0 bridgehead atoms. The van der Waals surface area contributed by atoms with Gasteiger partial charge in [0, 0.05) is 35.7 Å². The van der Waals surface area contributed by atoms with Crippen LogP contribution >= 0.6 is 11.6 Å². The van der Waals surface area contributed by atoms with Gasteiger partial charge in [0.1, 0.15) is 0 Å². The molecule has 1 fully saturated rings. The van der Waals surface area contributed by atoms with Gasteiger partial charge in [0.15, 0.2) is 0 Å². The average molecular weight is 330 g/mol. The first kappa shape index (κ1) is 15.5. The van der Waals surface area contributed by atoms with Gasteiger partial charge in [0.05, 0.1) is 0 Å². The van der Waals surface area contributed by atoms with Crippen LogP contribution in [0.15, 0.2) is 48.8 Å². The standard InChI is InChI=1S/C17H16ClN3O2/c18-13-3-5-14(6-4-13)20-16(22)17(23)21(15-7-8-15)11-12-2-1-9-19-10-12/h1-6,9-10,15H,7-8,11H2,(H,20,22). The Morgan fingerprint density at radius 2 is 1.96 bits per heavy atom. The van der Waals surface area contributed by atoms with E-state index in [9.17, 15) is 9.59 Å². The average Bonchev–Trinajstić information content (AvgIpc) is 3.40. The molecule has 1 aliphatic carbocycles. The summed E-state index contributed by atoms with van der Waals surface area (Å²) >= 11 is 5.81. The normalized spacial score (nSPS) is 13.4. The van der Waals surface area contributed by atoms with Crippen molar-refractivity contribution in [3.63, 3.8) is 0 Å². The van der Waals surface area contributed by atoms with Crippen LogP contribution in [0.5, 0.6) is 0 Å². The van der Waals surface area contributed by atoms with Crippen molar-refractivity contribution < 1.29 is 9.59 Å². The van der Waals surface area contributed by atoms with Gasteiger partial charge in [-0.05, 0) is 48.7 Å². The lowest BCUT2D eigenvalue weighted by Gasteiger charge is -2.21. The molecule has 23 heavy (non-hydrogen) atoms. The molecule has 3 rings (SSSR count). The van der Waals surface area contributed by atoms with E-state index >= 15 is 0 Å². The van der Waals surface area contributed by atoms with E-state index in [1.54, 1.807) is 41.6 Å². The monoisotopic (exact) mass is 329 g/mol. The fraction of sp³-hybridized carbons (Fsp3) is 0.235. The maximum absolute atomic E-state index is 12.5. The second kappa shape index (κ2) is 6.79. The minimum atomic E-state index is -0.636. The van der Waals surface area contributed by atoms with Crippen molar-refractivity contribution in [1.29, 1.82) is 0 Å². The Bertz CT molecular complexity index is 700. The molecule has 1 aliphatic rings. The SMILES string of the molecule is O=C(Nc1ccc(Cl)cc1)C(=O)N(Cc1cccnc1)C1CC1. The number of carbonyl (C=O) groups is 2. The Balaban J connectivity index is 1.68. The molecule has 0 radical (unpaired) electrons. The van der Waals surface area contributed by atoms with Crippen molar-refractivity contribution in [2.45, 2.75) is 25.4 Å². The van der Waals surface area contributed by atoms with Crippen molar-refractivity contribution in [3.8, 4) is 0 Å². The van der Waals surface area contributed by atoms with Gasteiger partial charge in [-0.2, -0.15) is 0 Å². The van der Waals surface area contributed by atoms with Crippen LogP contribution in [-0.4, -0.2) is 27.7 Å². The molecule has 0 atom stereocenters. The molecule has 1 N–H and O–H groups in total. The Hall–Kier alpha value is -2.40. The van der Waals surface area contributed by atoms with Crippen LogP contribution in [0.2, 0.25) is 5.02 Å². The molecule has 118 valence electrons. The van der Waals surface area contributed by atoms with Crippen LogP contribution < -0.4 is 5.32 Å². The third-order valence-electron chi connectivity index (χ3n) is 3.62. The summed E-state index contributed by atoms with van der Waals surface area (Å²) in [5.74, 6) is -1.16. The number of rotatable bonds is 4. The number of nitrogens with zero attached hydrogens (tertiary/aromatic N) is 2. The van der Waals surface area contributed by atoms with Crippen LogP contribution in [0.25, 0.3) is 0 Å². The maximum Gasteiger partial charge on any atom is 0.313 e. The zero-order valence-electron chi connectivity index (χ0n) is 12.4. The van der Waals surface area contributed by atoms with Gasteiger partial charge < -0.3 is 10.2 Å². The summed E-state index contributed by atoms with van der Waals surface area (Å²) in [5, 5.41) is 3.19. The first-order valence-corrected chi connectivity index (χ1v) is 7.78. The van der Waals surface area contributed by atoms with Gasteiger partial charge in [0.25, 0.3) is 0 Å². The van der Waals surface area contributed by atoms with E-state index < -0.39 is 11.8 Å². The van der Waals surface area contributed by atoms with E-state index in [0.29, 0.717) is 17.3 Å². The summed E-state index contributed by atoms with van der Waals surface area (Å²) in [5.41, 5.74) is 1.46. The molecule has 1 heterocycles. The van der Waals surface area contributed by atoms with Crippen LogP contribution in [0.3, 0.4) is 0 Å². The minimum absolute atomic E-state index is 0.138. The molecule has 2 amide bonds. The molecule has 0 aliphatic heterocycles. The highest BCUT2D eigenvalue weighted by molar-refractivity contribution is 6.39. The molecule has 0 unspecified atom stereocenters. The third-order valence-corrected chi connectivity index (χ3v) is 3.87. The van der Waals surface area contributed by atoms with Crippen molar-refractivity contribution in [2.24, 2.45) is 0 Å². The number of carbonyl (C=O) groups excluding carboxylic acids is 2. The Morgan fingerprint density at radius 3 is 2.57 bits per heavy atom. The number of aromatic nitrogens is 1. The zero-order chi connectivity index (χ0) is 16.2. The molecule has 0 saturated heterocycles. The van der Waals surface area contributed by atoms with Gasteiger partial charge in [-0.1, -0.05) is 17.7 Å². The van der Waals surface area contributed by atoms with E-state index in [0.717, 1.165) is 18.4 Å².